The lowest BCUT2D eigenvalue weighted by molar-refractivity contribution is 1.24. The normalized spacial score (nSPS) is 12.6. The molecule has 0 fully saturated rings. The lowest BCUT2D eigenvalue weighted by Crippen LogP contribution is -2.74. The van der Waals surface area contributed by atoms with Gasteiger partial charge in [0, 0.05) is 0 Å². The first kappa shape index (κ1) is 38.3. The second-order valence-electron chi connectivity index (χ2n) is 17.5. The van der Waals surface area contributed by atoms with E-state index in [2.05, 4.69) is 255 Å². The minimum Gasteiger partial charge on any atom is -0.0623 e. The second kappa shape index (κ2) is 15.8. The molecule has 2 aliphatic rings. The first-order chi connectivity index (χ1) is 31.7. The Morgan fingerprint density at radius 1 is 0.203 bits per heavy atom. The van der Waals surface area contributed by atoms with E-state index >= 15 is 0 Å². The Balaban J connectivity index is 0.996. The Labute approximate surface area is 378 Å². The molecule has 0 N–H and O–H groups in total. The number of benzene rings is 10. The van der Waals surface area contributed by atoms with E-state index in [1.807, 2.05) is 0 Å². The van der Waals surface area contributed by atoms with Gasteiger partial charge in [-0.3, -0.25) is 0 Å². The molecule has 2 heteroatoms. The van der Waals surface area contributed by atoms with Crippen LogP contribution >= 0.6 is 0 Å². The van der Waals surface area contributed by atoms with Gasteiger partial charge in [-0.25, -0.2) is 0 Å². The van der Waals surface area contributed by atoms with Crippen molar-refractivity contribution >= 4 is 57.6 Å². The highest BCUT2D eigenvalue weighted by molar-refractivity contribution is 7.20. The van der Waals surface area contributed by atoms with Gasteiger partial charge in [-0.2, -0.15) is 0 Å². The van der Waals surface area contributed by atoms with Gasteiger partial charge in [0.25, 0.3) is 0 Å². The van der Waals surface area contributed by atoms with Crippen LogP contribution in [-0.2, 0) is 12.8 Å². The van der Waals surface area contributed by atoms with E-state index in [-0.39, 0.29) is 0 Å². The molecule has 12 rings (SSSR count). The summed E-state index contributed by atoms with van der Waals surface area (Å²) in [5.74, 6) is 0. The van der Waals surface area contributed by atoms with E-state index in [9.17, 15) is 0 Å². The van der Waals surface area contributed by atoms with Crippen molar-refractivity contribution < 1.29 is 0 Å². The quantitative estimate of drug-likeness (QED) is 0.101. The third kappa shape index (κ3) is 5.94. The largest absolute Gasteiger partial charge is 0.179 e. The molecule has 0 spiro atoms. The molecule has 2 aliphatic carbocycles. The molecule has 0 heterocycles. The highest BCUT2D eigenvalue weighted by Crippen LogP contribution is 2.46. The van der Waals surface area contributed by atoms with Crippen molar-refractivity contribution in [3.8, 4) is 33.4 Å². The summed E-state index contributed by atoms with van der Waals surface area (Å²) >= 11 is 0. The average molecular weight is 847 g/mol. The summed E-state index contributed by atoms with van der Waals surface area (Å²) < 4.78 is 0. The first-order valence-corrected chi connectivity index (χ1v) is 26.6. The molecule has 0 amide bonds. The maximum absolute atomic E-state index is 2.67. The third-order valence-electron chi connectivity index (χ3n) is 14.3. The second-order valence-corrected chi connectivity index (χ2v) is 25.1. The van der Waals surface area contributed by atoms with E-state index in [0.717, 1.165) is 12.8 Å². The minimum atomic E-state index is -2.67. The smallest absolute Gasteiger partial charge is 0.0623 e. The van der Waals surface area contributed by atoms with Gasteiger partial charge >= 0.3 is 0 Å². The predicted octanol–water partition coefficient (Wildman–Crippen LogP) is 9.25. The van der Waals surface area contributed by atoms with Crippen molar-refractivity contribution in [1.29, 1.82) is 0 Å². The molecular weight excluding hydrogens is 801 g/mol. The van der Waals surface area contributed by atoms with Crippen molar-refractivity contribution in [2.45, 2.75) is 12.8 Å². The molecule has 0 bridgehead atoms. The molecule has 64 heavy (non-hydrogen) atoms. The summed E-state index contributed by atoms with van der Waals surface area (Å²) in [4.78, 5) is 0. The van der Waals surface area contributed by atoms with Gasteiger partial charge in [-0.15, -0.1) is 0 Å². The summed E-state index contributed by atoms with van der Waals surface area (Å²) in [6.07, 6.45) is 1.86. The lowest BCUT2D eigenvalue weighted by atomic mass is 9.90. The molecule has 0 unspecified atom stereocenters. The third-order valence-corrected chi connectivity index (χ3v) is 23.8. The summed E-state index contributed by atoms with van der Waals surface area (Å²) in [5.41, 5.74) is 13.9. The van der Waals surface area contributed by atoms with Crippen molar-refractivity contribution in [1.82, 2.24) is 0 Å². The summed E-state index contributed by atoms with van der Waals surface area (Å²) in [7, 11) is -5.35. The van der Waals surface area contributed by atoms with E-state index in [1.165, 1.54) is 97.1 Å². The van der Waals surface area contributed by atoms with Gasteiger partial charge in [-0.05, 0) is 110 Å². The fourth-order valence-corrected chi connectivity index (χ4v) is 21.0. The Morgan fingerprint density at radius 2 is 0.453 bits per heavy atom. The molecule has 0 saturated heterocycles. The minimum absolute atomic E-state index is 0.928. The SMILES string of the molecule is c1ccc([Si](c2ccccc2)(c2ccccc2)c2ccc3c(c2)-c2cccc(-c4cccc5c4Cc4ccc([Si](c6ccccc6)(c6ccccc6)c6ccccc6)cc4-5)c2C3)cc1. The molecule has 0 aromatic heterocycles. The Kier molecular flexibility index (Phi) is 9.44. The summed E-state index contributed by atoms with van der Waals surface area (Å²) in [6, 6.07) is 96.7. The topological polar surface area (TPSA) is 0 Å². The highest BCUT2D eigenvalue weighted by atomic mass is 28.3. The van der Waals surface area contributed by atoms with Crippen LogP contribution in [0.2, 0.25) is 0 Å². The molecular formula is C62H46Si2. The first-order valence-electron chi connectivity index (χ1n) is 22.6. The van der Waals surface area contributed by atoms with Crippen LogP contribution in [0.15, 0.2) is 255 Å². The number of hydrogen-bond acceptors (Lipinski definition) is 0. The summed E-state index contributed by atoms with van der Waals surface area (Å²) in [5, 5.41) is 11.2. The Bertz CT molecular complexity index is 2870. The summed E-state index contributed by atoms with van der Waals surface area (Å²) in [6.45, 7) is 0. The molecule has 10 aromatic rings. The number of rotatable bonds is 9. The van der Waals surface area contributed by atoms with Gasteiger partial charge in [0.05, 0.1) is 0 Å². The van der Waals surface area contributed by atoms with E-state index in [1.54, 1.807) is 0 Å². The maximum Gasteiger partial charge on any atom is 0.179 e. The molecule has 10 aromatic carbocycles. The number of hydrogen-bond donors (Lipinski definition) is 0. The van der Waals surface area contributed by atoms with Gasteiger partial charge in [0.15, 0.2) is 16.1 Å². The predicted molar refractivity (Wildman–Crippen MR) is 276 cm³/mol. The van der Waals surface area contributed by atoms with Crippen molar-refractivity contribution in [2.75, 3.05) is 0 Å². The van der Waals surface area contributed by atoms with Crippen LogP contribution < -0.4 is 41.5 Å². The van der Waals surface area contributed by atoms with Crippen LogP contribution in [0.4, 0.5) is 0 Å². The van der Waals surface area contributed by atoms with Crippen LogP contribution in [-0.4, -0.2) is 16.1 Å². The fourth-order valence-electron chi connectivity index (χ4n) is 11.5. The lowest BCUT2D eigenvalue weighted by Gasteiger charge is -2.34. The standard InChI is InChI=1S/C62H46Si2/c1-7-21-47(22-8-1)63(48-23-9-2-10-24-48,49-25-11-3-12-26-49)53-39-37-45-41-61-55(33-19-35-57(61)59(45)43-53)56-34-20-36-58-60-44-54(40-38-46(60)42-62(56)58)64(50-27-13-4-14-28-50,51-29-15-5-16-30-51)52-31-17-6-18-32-52/h1-40,43-44H,41-42H2. The Morgan fingerprint density at radius 3 is 0.719 bits per heavy atom. The van der Waals surface area contributed by atoms with Gasteiger partial charge in [-0.1, -0.05) is 255 Å². The van der Waals surface area contributed by atoms with E-state index < -0.39 is 16.1 Å². The molecule has 0 saturated carbocycles. The van der Waals surface area contributed by atoms with Crippen LogP contribution in [0.1, 0.15) is 22.3 Å². The van der Waals surface area contributed by atoms with Crippen LogP contribution in [0.25, 0.3) is 33.4 Å². The van der Waals surface area contributed by atoms with Crippen LogP contribution in [0.3, 0.4) is 0 Å². The zero-order valence-electron chi connectivity index (χ0n) is 35.7. The molecule has 0 nitrogen and oxygen atoms in total. The molecule has 0 radical (unpaired) electrons. The number of fused-ring (bicyclic) bond motifs is 6. The highest BCUT2D eigenvalue weighted by Gasteiger charge is 2.43. The fraction of sp³-hybridized carbons (Fsp3) is 0.0323. The Hall–Kier alpha value is -7.37. The van der Waals surface area contributed by atoms with E-state index in [4.69, 9.17) is 0 Å². The van der Waals surface area contributed by atoms with E-state index in [0.29, 0.717) is 0 Å². The van der Waals surface area contributed by atoms with Crippen molar-refractivity contribution in [2.24, 2.45) is 0 Å². The molecule has 0 atom stereocenters. The molecule has 302 valence electrons. The van der Waals surface area contributed by atoms with Crippen molar-refractivity contribution in [3.05, 3.63) is 277 Å². The maximum atomic E-state index is 2.57. The van der Waals surface area contributed by atoms with Gasteiger partial charge in [0.2, 0.25) is 0 Å². The zero-order valence-corrected chi connectivity index (χ0v) is 37.7. The zero-order chi connectivity index (χ0) is 42.5. The molecule has 0 aliphatic heterocycles. The van der Waals surface area contributed by atoms with Crippen LogP contribution in [0, 0.1) is 0 Å². The van der Waals surface area contributed by atoms with Crippen molar-refractivity contribution in [3.63, 3.8) is 0 Å². The van der Waals surface area contributed by atoms with Gasteiger partial charge in [0.1, 0.15) is 0 Å². The average Bonchev–Trinajstić information content (AvgIpc) is 3.95. The van der Waals surface area contributed by atoms with Gasteiger partial charge < -0.3 is 0 Å². The van der Waals surface area contributed by atoms with Crippen LogP contribution in [0.5, 0.6) is 0 Å². The monoisotopic (exact) mass is 846 g/mol.